The van der Waals surface area contributed by atoms with E-state index >= 15 is 0 Å². The minimum absolute atomic E-state index is 0.233. The van der Waals surface area contributed by atoms with E-state index in [1.807, 2.05) is 18.3 Å². The molecule has 4 nitrogen and oxygen atoms in total. The summed E-state index contributed by atoms with van der Waals surface area (Å²) in [6.45, 7) is 4.83. The lowest BCUT2D eigenvalue weighted by Crippen LogP contribution is -2.35. The number of aromatic nitrogens is 2. The van der Waals surface area contributed by atoms with Crippen molar-refractivity contribution in [2.45, 2.75) is 25.9 Å². The van der Waals surface area contributed by atoms with Gasteiger partial charge in [-0.1, -0.05) is 79.7 Å². The molecule has 32 heavy (non-hydrogen) atoms. The first-order valence-electron chi connectivity index (χ1n) is 11.1. The van der Waals surface area contributed by atoms with Crippen LogP contribution in [0, 0.1) is 0 Å². The summed E-state index contributed by atoms with van der Waals surface area (Å²) in [6.07, 6.45) is 2.79. The summed E-state index contributed by atoms with van der Waals surface area (Å²) in [4.78, 5) is 9.97. The molecule has 6 rings (SSSR count). The largest absolute Gasteiger partial charge is 0.494 e. The molecule has 0 unspecified atom stereocenters. The van der Waals surface area contributed by atoms with Gasteiger partial charge in [-0.2, -0.15) is 0 Å². The number of rotatable bonds is 3. The molecule has 1 saturated heterocycles. The lowest BCUT2D eigenvalue weighted by molar-refractivity contribution is 0.110. The SMILES string of the molecule is CC[C@@]1(C)COB(c2cccc(-c3cnc4c5ccccc5c5ccccc5c4n3)c2)O1. The van der Waals surface area contributed by atoms with Crippen molar-refractivity contribution >= 4 is 45.2 Å². The van der Waals surface area contributed by atoms with Crippen LogP contribution in [0.2, 0.25) is 0 Å². The predicted octanol–water partition coefficient (Wildman–Crippen LogP) is 5.51. The number of nitrogens with zero attached hydrogens (tertiary/aromatic N) is 2. The van der Waals surface area contributed by atoms with Crippen LogP contribution in [0.4, 0.5) is 0 Å². The lowest BCUT2D eigenvalue weighted by atomic mass is 9.78. The Bertz CT molecular complexity index is 1450. The molecule has 1 atom stereocenters. The van der Waals surface area contributed by atoms with Crippen LogP contribution in [-0.2, 0) is 9.31 Å². The number of benzene rings is 4. The van der Waals surface area contributed by atoms with Crippen LogP contribution in [0.25, 0.3) is 43.8 Å². The second-order valence-electron chi connectivity index (χ2n) is 8.73. The van der Waals surface area contributed by atoms with Crippen molar-refractivity contribution in [1.82, 2.24) is 9.97 Å². The van der Waals surface area contributed by atoms with E-state index in [0.717, 1.165) is 44.9 Å². The minimum Gasteiger partial charge on any atom is -0.404 e. The Kier molecular flexibility index (Phi) is 4.49. The molecule has 156 valence electrons. The molecule has 4 aromatic carbocycles. The van der Waals surface area contributed by atoms with E-state index < -0.39 is 0 Å². The molecular formula is C27H23BN2O2. The Morgan fingerprint density at radius 3 is 2.25 bits per heavy atom. The van der Waals surface area contributed by atoms with Crippen molar-refractivity contribution in [3.05, 3.63) is 79.0 Å². The summed E-state index contributed by atoms with van der Waals surface area (Å²) in [5, 5.41) is 4.64. The molecule has 5 heteroatoms. The second kappa shape index (κ2) is 7.40. The zero-order chi connectivity index (χ0) is 21.7. The van der Waals surface area contributed by atoms with Gasteiger partial charge in [0, 0.05) is 16.3 Å². The highest BCUT2D eigenvalue weighted by Crippen LogP contribution is 2.34. The second-order valence-corrected chi connectivity index (χ2v) is 8.73. The predicted molar refractivity (Wildman–Crippen MR) is 131 cm³/mol. The Labute approximate surface area is 187 Å². The van der Waals surface area contributed by atoms with Crippen LogP contribution in [0.3, 0.4) is 0 Å². The molecule has 0 spiro atoms. The third-order valence-corrected chi connectivity index (χ3v) is 6.56. The Morgan fingerprint density at radius 2 is 1.56 bits per heavy atom. The highest BCUT2D eigenvalue weighted by molar-refractivity contribution is 6.62. The first-order valence-corrected chi connectivity index (χ1v) is 11.1. The minimum atomic E-state index is -0.349. The summed E-state index contributed by atoms with van der Waals surface area (Å²) in [5.74, 6) is 0. The lowest BCUT2D eigenvalue weighted by Gasteiger charge is -2.20. The molecule has 1 aliphatic rings. The van der Waals surface area contributed by atoms with Gasteiger partial charge in [0.15, 0.2) is 0 Å². The highest BCUT2D eigenvalue weighted by atomic mass is 16.7. The highest BCUT2D eigenvalue weighted by Gasteiger charge is 2.40. The first-order chi connectivity index (χ1) is 15.6. The molecule has 0 saturated carbocycles. The maximum Gasteiger partial charge on any atom is 0.494 e. The molecule has 1 aromatic heterocycles. The maximum absolute atomic E-state index is 6.19. The standard InChI is InChI=1S/C27H23BN2O2/c1-3-27(2)17-31-28(32-27)19-10-8-9-18(15-19)24-16-29-25-22-13-6-4-11-20(22)21-12-5-7-14-23(21)26(25)30-24/h4-16H,3,17H2,1-2H3/t27-/m0/s1. The number of hydrogen-bond acceptors (Lipinski definition) is 4. The van der Waals surface area contributed by atoms with Crippen molar-refractivity contribution in [3.8, 4) is 11.3 Å². The summed E-state index contributed by atoms with van der Waals surface area (Å²) >= 11 is 0. The van der Waals surface area contributed by atoms with Gasteiger partial charge in [0.1, 0.15) is 0 Å². The van der Waals surface area contributed by atoms with Gasteiger partial charge in [0.2, 0.25) is 0 Å². The van der Waals surface area contributed by atoms with Crippen LogP contribution in [0.1, 0.15) is 20.3 Å². The molecule has 1 aliphatic heterocycles. The van der Waals surface area contributed by atoms with Crippen molar-refractivity contribution < 1.29 is 9.31 Å². The van der Waals surface area contributed by atoms with E-state index in [9.17, 15) is 0 Å². The van der Waals surface area contributed by atoms with Crippen LogP contribution in [0.15, 0.2) is 79.0 Å². The number of fused-ring (bicyclic) bond motifs is 6. The first kappa shape index (κ1) is 19.4. The number of hydrogen-bond donors (Lipinski definition) is 0. The van der Waals surface area contributed by atoms with Crippen molar-refractivity contribution in [1.29, 1.82) is 0 Å². The average molecular weight is 418 g/mol. The monoisotopic (exact) mass is 418 g/mol. The van der Waals surface area contributed by atoms with Crippen molar-refractivity contribution in [3.63, 3.8) is 0 Å². The van der Waals surface area contributed by atoms with Gasteiger partial charge in [-0.3, -0.25) is 4.98 Å². The normalized spacial score (nSPS) is 18.8. The molecular weight excluding hydrogens is 395 g/mol. The van der Waals surface area contributed by atoms with Gasteiger partial charge in [0.25, 0.3) is 0 Å². The van der Waals surface area contributed by atoms with Crippen molar-refractivity contribution in [2.24, 2.45) is 0 Å². The van der Waals surface area contributed by atoms with Gasteiger partial charge in [-0.15, -0.1) is 0 Å². The maximum atomic E-state index is 6.19. The van der Waals surface area contributed by atoms with E-state index in [2.05, 4.69) is 74.5 Å². The van der Waals surface area contributed by atoms with Gasteiger partial charge in [0.05, 0.1) is 35.1 Å². The Morgan fingerprint density at radius 1 is 0.875 bits per heavy atom. The van der Waals surface area contributed by atoms with Gasteiger partial charge >= 0.3 is 7.12 Å². The fraction of sp³-hybridized carbons (Fsp3) is 0.185. The van der Waals surface area contributed by atoms with E-state index in [1.54, 1.807) is 0 Å². The molecule has 1 fully saturated rings. The smallest absolute Gasteiger partial charge is 0.404 e. The zero-order valence-corrected chi connectivity index (χ0v) is 18.2. The van der Waals surface area contributed by atoms with E-state index in [0.29, 0.717) is 6.61 Å². The Hall–Kier alpha value is -3.28. The fourth-order valence-electron chi connectivity index (χ4n) is 4.53. The van der Waals surface area contributed by atoms with Crippen LogP contribution >= 0.6 is 0 Å². The van der Waals surface area contributed by atoms with Crippen LogP contribution in [-0.4, -0.2) is 29.3 Å². The van der Waals surface area contributed by atoms with Gasteiger partial charge in [-0.25, -0.2) is 4.98 Å². The van der Waals surface area contributed by atoms with Gasteiger partial charge < -0.3 is 9.31 Å². The molecule has 0 N–H and O–H groups in total. The van der Waals surface area contributed by atoms with Gasteiger partial charge in [-0.05, 0) is 29.6 Å². The van der Waals surface area contributed by atoms with Crippen molar-refractivity contribution in [2.75, 3.05) is 6.61 Å². The fourth-order valence-corrected chi connectivity index (χ4v) is 4.53. The zero-order valence-electron chi connectivity index (χ0n) is 18.2. The summed E-state index contributed by atoms with van der Waals surface area (Å²) in [7, 11) is -0.349. The molecule has 2 heterocycles. The summed E-state index contributed by atoms with van der Waals surface area (Å²) in [5.41, 5.74) is 4.48. The topological polar surface area (TPSA) is 44.2 Å². The Balaban J connectivity index is 1.50. The van der Waals surface area contributed by atoms with Crippen LogP contribution < -0.4 is 5.46 Å². The van der Waals surface area contributed by atoms with E-state index in [1.165, 1.54) is 10.8 Å². The molecule has 0 bridgehead atoms. The average Bonchev–Trinajstić information content (AvgIpc) is 3.27. The third-order valence-electron chi connectivity index (χ3n) is 6.56. The molecule has 5 aromatic rings. The summed E-state index contributed by atoms with van der Waals surface area (Å²) < 4.78 is 12.1. The molecule has 0 amide bonds. The van der Waals surface area contributed by atoms with E-state index in [4.69, 9.17) is 19.3 Å². The quantitative estimate of drug-likeness (QED) is 0.286. The third kappa shape index (κ3) is 3.08. The summed E-state index contributed by atoms with van der Waals surface area (Å²) in [6, 6.07) is 25.1. The van der Waals surface area contributed by atoms with E-state index in [-0.39, 0.29) is 12.7 Å². The molecule has 0 aliphatic carbocycles. The molecule has 0 radical (unpaired) electrons. The van der Waals surface area contributed by atoms with Crippen LogP contribution in [0.5, 0.6) is 0 Å².